The van der Waals surface area contributed by atoms with Crippen molar-refractivity contribution in [1.82, 2.24) is 9.88 Å². The number of hydrogen-bond donors (Lipinski definition) is 1. The summed E-state index contributed by atoms with van der Waals surface area (Å²) in [6, 6.07) is 9.11. The first-order valence-electron chi connectivity index (χ1n) is 7.88. The number of carbonyl (C=O) groups is 2. The number of halogens is 1. The fourth-order valence-corrected chi connectivity index (χ4v) is 2.58. The Hall–Kier alpha value is -2.67. The Morgan fingerprint density at radius 1 is 1.31 bits per heavy atom. The van der Waals surface area contributed by atoms with Crippen LogP contribution in [0.5, 0.6) is 5.75 Å². The first kappa shape index (κ1) is 19.7. The molecule has 1 heterocycles. The molecule has 6 nitrogen and oxygen atoms in total. The van der Waals surface area contributed by atoms with Crippen LogP contribution < -0.4 is 10.1 Å². The second-order valence-electron chi connectivity index (χ2n) is 5.68. The van der Waals surface area contributed by atoms with Crippen LogP contribution in [0.2, 0.25) is 0 Å². The number of methoxy groups -OCH3 is 1. The molecule has 0 spiro atoms. The smallest absolute Gasteiger partial charge is 0.246 e. The molecule has 0 saturated heterocycles. The van der Waals surface area contributed by atoms with E-state index in [0.29, 0.717) is 11.6 Å². The quantitative estimate of drug-likeness (QED) is 0.732. The van der Waals surface area contributed by atoms with Crippen molar-refractivity contribution in [3.05, 3.63) is 58.2 Å². The van der Waals surface area contributed by atoms with Gasteiger partial charge in [0.15, 0.2) is 0 Å². The Bertz CT molecular complexity index is 837. The van der Waals surface area contributed by atoms with Gasteiger partial charge in [0.25, 0.3) is 0 Å². The van der Waals surface area contributed by atoms with E-state index in [1.165, 1.54) is 11.0 Å². The summed E-state index contributed by atoms with van der Waals surface area (Å²) in [5.74, 6) is 0.514. The molecular weight excluding hydrogens is 398 g/mol. The lowest BCUT2D eigenvalue weighted by Gasteiger charge is -2.14. The van der Waals surface area contributed by atoms with Crippen molar-refractivity contribution in [3.8, 4) is 5.75 Å². The SMILES string of the molecule is COc1ccc(Br)cc1/C=C/C(=O)N(C)CC(=O)Nc1cc(C)ccn1. The molecule has 136 valence electrons. The number of anilines is 1. The van der Waals surface area contributed by atoms with Gasteiger partial charge in [0, 0.05) is 29.4 Å². The summed E-state index contributed by atoms with van der Waals surface area (Å²) >= 11 is 3.39. The van der Waals surface area contributed by atoms with Gasteiger partial charge in [0.2, 0.25) is 11.8 Å². The van der Waals surface area contributed by atoms with E-state index in [4.69, 9.17) is 4.74 Å². The van der Waals surface area contributed by atoms with Crippen LogP contribution in [0.3, 0.4) is 0 Å². The molecule has 0 atom stereocenters. The molecule has 2 rings (SSSR count). The average Bonchev–Trinajstić information content (AvgIpc) is 2.59. The predicted molar refractivity (Wildman–Crippen MR) is 105 cm³/mol. The summed E-state index contributed by atoms with van der Waals surface area (Å²) in [7, 11) is 3.13. The van der Waals surface area contributed by atoms with Crippen molar-refractivity contribution in [2.24, 2.45) is 0 Å². The first-order valence-corrected chi connectivity index (χ1v) is 8.67. The molecule has 0 aliphatic carbocycles. The normalized spacial score (nSPS) is 10.6. The van der Waals surface area contributed by atoms with Crippen LogP contribution in [-0.2, 0) is 9.59 Å². The summed E-state index contributed by atoms with van der Waals surface area (Å²) in [4.78, 5) is 29.7. The third-order valence-electron chi connectivity index (χ3n) is 3.54. The van der Waals surface area contributed by atoms with Gasteiger partial charge in [-0.1, -0.05) is 15.9 Å². The van der Waals surface area contributed by atoms with Gasteiger partial charge in [-0.05, 0) is 48.9 Å². The molecule has 1 aromatic heterocycles. The molecule has 1 N–H and O–H groups in total. The summed E-state index contributed by atoms with van der Waals surface area (Å²) < 4.78 is 6.14. The highest BCUT2D eigenvalue weighted by Crippen LogP contribution is 2.24. The molecule has 2 aromatic rings. The minimum atomic E-state index is -0.313. The highest BCUT2D eigenvalue weighted by molar-refractivity contribution is 9.10. The van der Waals surface area contributed by atoms with Crippen molar-refractivity contribution in [3.63, 3.8) is 0 Å². The highest BCUT2D eigenvalue weighted by Gasteiger charge is 2.11. The third-order valence-corrected chi connectivity index (χ3v) is 4.03. The zero-order chi connectivity index (χ0) is 19.1. The molecule has 0 aliphatic rings. The van der Waals surface area contributed by atoms with E-state index in [9.17, 15) is 9.59 Å². The molecular formula is C19H20BrN3O3. The van der Waals surface area contributed by atoms with Gasteiger partial charge < -0.3 is 15.0 Å². The lowest BCUT2D eigenvalue weighted by molar-refractivity contribution is -0.129. The van der Waals surface area contributed by atoms with Crippen LogP contribution in [0.15, 0.2) is 47.1 Å². The van der Waals surface area contributed by atoms with Crippen molar-refractivity contribution < 1.29 is 14.3 Å². The topological polar surface area (TPSA) is 71.5 Å². The van der Waals surface area contributed by atoms with Gasteiger partial charge in [-0.25, -0.2) is 4.98 Å². The van der Waals surface area contributed by atoms with Gasteiger partial charge in [0.05, 0.1) is 13.7 Å². The van der Waals surface area contributed by atoms with Crippen molar-refractivity contribution in [1.29, 1.82) is 0 Å². The Morgan fingerprint density at radius 3 is 2.77 bits per heavy atom. The largest absolute Gasteiger partial charge is 0.496 e. The minimum Gasteiger partial charge on any atom is -0.496 e. The first-order chi connectivity index (χ1) is 12.4. The van der Waals surface area contributed by atoms with Crippen molar-refractivity contribution in [2.45, 2.75) is 6.92 Å². The zero-order valence-electron chi connectivity index (χ0n) is 14.8. The maximum absolute atomic E-state index is 12.2. The van der Waals surface area contributed by atoms with Crippen molar-refractivity contribution >= 4 is 39.6 Å². The van der Waals surface area contributed by atoms with Gasteiger partial charge in [-0.2, -0.15) is 0 Å². The summed E-state index contributed by atoms with van der Waals surface area (Å²) in [5, 5.41) is 2.67. The molecule has 0 unspecified atom stereocenters. The van der Waals surface area contributed by atoms with E-state index in [1.807, 2.05) is 25.1 Å². The number of benzene rings is 1. The monoisotopic (exact) mass is 417 g/mol. The fraction of sp³-hybridized carbons (Fsp3) is 0.211. The number of ether oxygens (including phenoxy) is 1. The molecule has 1 aromatic carbocycles. The standard InChI is InChI=1S/C19H20BrN3O3/c1-13-8-9-21-17(10-13)22-18(24)12-23(2)19(25)7-4-14-11-15(20)5-6-16(14)26-3/h4-11H,12H2,1-3H3,(H,21,22,24)/b7-4+. The number of likely N-dealkylation sites (N-methyl/N-ethyl adjacent to an activating group) is 1. The number of pyridine rings is 1. The van der Waals surface area contributed by atoms with E-state index >= 15 is 0 Å². The number of nitrogens with zero attached hydrogens (tertiary/aromatic N) is 2. The molecule has 26 heavy (non-hydrogen) atoms. The Kier molecular flexibility index (Phi) is 6.91. The number of aromatic nitrogens is 1. The third kappa shape index (κ3) is 5.70. The number of carbonyl (C=O) groups excluding carboxylic acids is 2. The molecule has 7 heteroatoms. The van der Waals surface area contributed by atoms with Crippen LogP contribution in [-0.4, -0.2) is 42.4 Å². The minimum absolute atomic E-state index is 0.0750. The second-order valence-corrected chi connectivity index (χ2v) is 6.60. The Labute approximate surface area is 161 Å². The number of aryl methyl sites for hydroxylation is 1. The molecule has 2 amide bonds. The van der Waals surface area contributed by atoms with Crippen LogP contribution >= 0.6 is 15.9 Å². The maximum Gasteiger partial charge on any atom is 0.246 e. The number of hydrogen-bond acceptors (Lipinski definition) is 4. The number of nitrogens with one attached hydrogen (secondary N) is 1. The highest BCUT2D eigenvalue weighted by atomic mass is 79.9. The molecule has 0 radical (unpaired) electrons. The van der Waals surface area contributed by atoms with E-state index in [1.54, 1.807) is 38.6 Å². The lowest BCUT2D eigenvalue weighted by Crippen LogP contribution is -2.34. The van der Waals surface area contributed by atoms with Crippen LogP contribution in [0, 0.1) is 6.92 Å². The van der Waals surface area contributed by atoms with Gasteiger partial charge in [-0.15, -0.1) is 0 Å². The number of amides is 2. The van der Waals surface area contributed by atoms with E-state index in [-0.39, 0.29) is 18.4 Å². The number of rotatable bonds is 6. The summed E-state index contributed by atoms with van der Waals surface area (Å²) in [6.45, 7) is 1.84. The van der Waals surface area contributed by atoms with Crippen molar-refractivity contribution in [2.75, 3.05) is 26.0 Å². The van der Waals surface area contributed by atoms with E-state index in [0.717, 1.165) is 15.6 Å². The van der Waals surface area contributed by atoms with Gasteiger partial charge in [0.1, 0.15) is 11.6 Å². The molecule has 0 saturated carbocycles. The van der Waals surface area contributed by atoms with Gasteiger partial charge in [-0.3, -0.25) is 9.59 Å². The average molecular weight is 418 g/mol. The Morgan fingerprint density at radius 2 is 2.08 bits per heavy atom. The maximum atomic E-state index is 12.2. The summed E-state index contributed by atoms with van der Waals surface area (Å²) in [6.07, 6.45) is 4.68. The predicted octanol–water partition coefficient (Wildman–Crippen LogP) is 3.27. The molecule has 0 aliphatic heterocycles. The van der Waals surface area contributed by atoms with Gasteiger partial charge >= 0.3 is 0 Å². The van der Waals surface area contributed by atoms with Crippen LogP contribution in [0.4, 0.5) is 5.82 Å². The summed E-state index contributed by atoms with van der Waals surface area (Å²) in [5.41, 5.74) is 1.75. The van der Waals surface area contributed by atoms with Crippen LogP contribution in [0.1, 0.15) is 11.1 Å². The van der Waals surface area contributed by atoms with Crippen LogP contribution in [0.25, 0.3) is 6.08 Å². The fourth-order valence-electron chi connectivity index (χ4n) is 2.20. The second kappa shape index (κ2) is 9.15. The Balaban J connectivity index is 1.97. The molecule has 0 bridgehead atoms. The van der Waals surface area contributed by atoms with E-state index in [2.05, 4.69) is 26.2 Å². The van der Waals surface area contributed by atoms with E-state index < -0.39 is 0 Å². The lowest BCUT2D eigenvalue weighted by atomic mass is 10.2. The zero-order valence-corrected chi connectivity index (χ0v) is 16.4. The molecule has 0 fully saturated rings.